The minimum Gasteiger partial charge on any atom is -0.451 e. The van der Waals surface area contributed by atoms with Gasteiger partial charge >= 0.3 is 5.97 Å². The van der Waals surface area contributed by atoms with E-state index >= 15 is 0 Å². The third-order valence-electron chi connectivity index (χ3n) is 4.18. The van der Waals surface area contributed by atoms with Crippen LogP contribution in [0, 0.1) is 32.1 Å². The second kappa shape index (κ2) is 8.52. The van der Waals surface area contributed by atoms with Crippen LogP contribution in [0.4, 0.5) is 0 Å². The van der Waals surface area contributed by atoms with Crippen molar-refractivity contribution in [1.82, 2.24) is 14.7 Å². The first kappa shape index (κ1) is 20.6. The van der Waals surface area contributed by atoms with Gasteiger partial charge in [-0.2, -0.15) is 10.2 Å². The summed E-state index contributed by atoms with van der Waals surface area (Å²) in [7, 11) is 0. The molecule has 0 saturated carbocycles. The lowest BCUT2D eigenvalue weighted by Gasteiger charge is -2.12. The Morgan fingerprint density at radius 1 is 1.34 bits per heavy atom. The highest BCUT2D eigenvalue weighted by Gasteiger charge is 2.17. The normalized spacial score (nSPS) is 11.4. The summed E-state index contributed by atoms with van der Waals surface area (Å²) < 4.78 is 11.9. The Morgan fingerprint density at radius 2 is 2.10 bits per heavy atom. The predicted molar refractivity (Wildman–Crippen MR) is 108 cm³/mol. The minimum atomic E-state index is -0.783. The van der Waals surface area contributed by atoms with E-state index in [1.807, 2.05) is 36.6 Å². The zero-order valence-electron chi connectivity index (χ0n) is 15.9. The maximum absolute atomic E-state index is 12.3. The highest BCUT2D eigenvalue weighted by atomic mass is 35.5. The van der Waals surface area contributed by atoms with Crippen molar-refractivity contribution in [2.24, 2.45) is 0 Å². The van der Waals surface area contributed by atoms with E-state index in [0.29, 0.717) is 27.1 Å². The summed E-state index contributed by atoms with van der Waals surface area (Å²) >= 11 is 12.5. The topological polar surface area (TPSA) is 93.9 Å². The van der Waals surface area contributed by atoms with Gasteiger partial charge in [-0.05, 0) is 50.6 Å². The summed E-state index contributed by atoms with van der Waals surface area (Å²) in [4.78, 5) is 16.2. The third kappa shape index (κ3) is 4.34. The fraction of sp³-hybridized carbons (Fsp3) is 0.200. The minimum absolute atomic E-state index is 0.154. The molecule has 0 spiro atoms. The molecule has 0 radical (unpaired) electrons. The molecule has 7 nitrogen and oxygen atoms in total. The van der Waals surface area contributed by atoms with E-state index < -0.39 is 5.97 Å². The Morgan fingerprint density at radius 3 is 2.76 bits per heavy atom. The summed E-state index contributed by atoms with van der Waals surface area (Å²) in [5.74, 6) is -0.199. The van der Waals surface area contributed by atoms with Crippen molar-refractivity contribution in [3.8, 4) is 11.8 Å². The molecule has 9 heteroatoms. The zero-order valence-corrected chi connectivity index (χ0v) is 17.4. The largest absolute Gasteiger partial charge is 0.451 e. The van der Waals surface area contributed by atoms with Crippen LogP contribution in [0.2, 0.25) is 10.0 Å². The van der Waals surface area contributed by atoms with Crippen molar-refractivity contribution in [3.05, 3.63) is 68.6 Å². The number of hydrogen-bond donors (Lipinski definition) is 0. The van der Waals surface area contributed by atoms with Gasteiger partial charge in [-0.1, -0.05) is 34.4 Å². The van der Waals surface area contributed by atoms with Gasteiger partial charge in [-0.25, -0.2) is 4.79 Å². The van der Waals surface area contributed by atoms with Crippen LogP contribution in [0.15, 0.2) is 34.4 Å². The molecule has 0 saturated heterocycles. The number of nitrogens with zero attached hydrogens (tertiary/aromatic N) is 4. The van der Waals surface area contributed by atoms with Crippen molar-refractivity contribution in [1.29, 1.82) is 5.26 Å². The smallest absolute Gasteiger partial charge is 0.349 e. The SMILES string of the molecule is Cc1noc(COC(=O)C(C#N)=Cc2cc(C)n(-c3cccc(Cl)c3Cl)c2C)n1. The lowest BCUT2D eigenvalue weighted by molar-refractivity contribution is -0.140. The fourth-order valence-electron chi connectivity index (χ4n) is 2.87. The van der Waals surface area contributed by atoms with E-state index in [4.69, 9.17) is 32.5 Å². The molecule has 0 fully saturated rings. The Bertz CT molecular complexity index is 1160. The number of hydrogen-bond acceptors (Lipinski definition) is 6. The Labute approximate surface area is 177 Å². The molecule has 0 aliphatic rings. The van der Waals surface area contributed by atoms with Gasteiger partial charge in [-0.15, -0.1) is 0 Å². The van der Waals surface area contributed by atoms with E-state index in [-0.39, 0.29) is 18.1 Å². The van der Waals surface area contributed by atoms with Gasteiger partial charge in [0.15, 0.2) is 12.4 Å². The van der Waals surface area contributed by atoms with Gasteiger partial charge in [0.1, 0.15) is 11.6 Å². The summed E-state index contributed by atoms with van der Waals surface area (Å²) in [5, 5.41) is 13.9. The van der Waals surface area contributed by atoms with Crippen LogP contribution < -0.4 is 0 Å². The van der Waals surface area contributed by atoms with Crippen molar-refractivity contribution in [2.45, 2.75) is 27.4 Å². The van der Waals surface area contributed by atoms with E-state index in [9.17, 15) is 10.1 Å². The molecular formula is C20H16Cl2N4O3. The summed E-state index contributed by atoms with van der Waals surface area (Å²) in [6, 6.07) is 9.06. The number of ether oxygens (including phenoxy) is 1. The number of esters is 1. The van der Waals surface area contributed by atoms with E-state index in [1.54, 1.807) is 19.1 Å². The van der Waals surface area contributed by atoms with Crippen molar-refractivity contribution >= 4 is 35.2 Å². The average Bonchev–Trinajstić information content (AvgIpc) is 3.23. The molecule has 0 aliphatic heterocycles. The van der Waals surface area contributed by atoms with Crippen LogP contribution in [0.3, 0.4) is 0 Å². The van der Waals surface area contributed by atoms with Crippen molar-refractivity contribution in [3.63, 3.8) is 0 Å². The van der Waals surface area contributed by atoms with E-state index in [2.05, 4.69) is 10.1 Å². The molecule has 2 heterocycles. The summed E-state index contributed by atoms with van der Waals surface area (Å²) in [5.41, 5.74) is 2.89. The molecule has 0 aliphatic carbocycles. The number of aryl methyl sites for hydroxylation is 2. The van der Waals surface area contributed by atoms with Crippen LogP contribution in [0.1, 0.15) is 28.7 Å². The van der Waals surface area contributed by atoms with Gasteiger partial charge in [0, 0.05) is 11.4 Å². The molecule has 2 aromatic heterocycles. The first-order valence-electron chi connectivity index (χ1n) is 8.53. The Kier molecular flexibility index (Phi) is 6.06. The van der Waals surface area contributed by atoms with Crippen LogP contribution >= 0.6 is 23.2 Å². The van der Waals surface area contributed by atoms with Crippen LogP contribution in [0.5, 0.6) is 0 Å². The highest BCUT2D eigenvalue weighted by Crippen LogP contribution is 2.32. The molecule has 0 unspecified atom stereocenters. The Balaban J connectivity index is 1.89. The van der Waals surface area contributed by atoms with Crippen LogP contribution in [-0.2, 0) is 16.1 Å². The number of benzene rings is 1. The number of rotatable bonds is 5. The number of carbonyl (C=O) groups excluding carboxylic acids is 1. The molecule has 0 N–H and O–H groups in total. The Hall–Kier alpha value is -3.08. The first-order chi connectivity index (χ1) is 13.8. The van der Waals surface area contributed by atoms with Gasteiger partial charge < -0.3 is 13.8 Å². The first-order valence-corrected chi connectivity index (χ1v) is 9.29. The molecule has 0 atom stereocenters. The lowest BCUT2D eigenvalue weighted by atomic mass is 10.1. The predicted octanol–water partition coefficient (Wildman–Crippen LogP) is 4.74. The van der Waals surface area contributed by atoms with E-state index in [0.717, 1.165) is 11.4 Å². The molecule has 0 bridgehead atoms. The standard InChI is InChI=1S/C20H16Cl2N4O3/c1-11-7-14(12(2)26(11)17-6-4-5-16(21)19(17)22)8-15(9-23)20(27)28-10-18-24-13(3)25-29-18/h4-8H,10H2,1-3H3. The molecule has 3 rings (SSSR count). The average molecular weight is 431 g/mol. The van der Waals surface area contributed by atoms with Crippen molar-refractivity contribution in [2.75, 3.05) is 0 Å². The van der Waals surface area contributed by atoms with Gasteiger partial charge in [0.25, 0.3) is 5.89 Å². The molecule has 0 amide bonds. The van der Waals surface area contributed by atoms with Gasteiger partial charge in [0.2, 0.25) is 0 Å². The second-order valence-corrected chi connectivity index (χ2v) is 7.00. The van der Waals surface area contributed by atoms with Crippen molar-refractivity contribution < 1.29 is 14.1 Å². The summed E-state index contributed by atoms with van der Waals surface area (Å²) in [6.45, 7) is 5.19. The number of nitriles is 1. The molecule has 1 aromatic carbocycles. The highest BCUT2D eigenvalue weighted by molar-refractivity contribution is 6.43. The van der Waals surface area contributed by atoms with Gasteiger partial charge in [0.05, 0.1) is 15.7 Å². The molecule has 29 heavy (non-hydrogen) atoms. The van der Waals surface area contributed by atoms with E-state index in [1.165, 1.54) is 6.08 Å². The van der Waals surface area contributed by atoms with Gasteiger partial charge in [-0.3, -0.25) is 0 Å². The summed E-state index contributed by atoms with van der Waals surface area (Å²) in [6.07, 6.45) is 1.47. The number of aromatic nitrogens is 3. The maximum atomic E-state index is 12.3. The third-order valence-corrected chi connectivity index (χ3v) is 4.99. The van der Waals surface area contributed by atoms with Crippen LogP contribution in [-0.4, -0.2) is 20.7 Å². The van der Waals surface area contributed by atoms with Crippen LogP contribution in [0.25, 0.3) is 11.8 Å². The molecular weight excluding hydrogens is 415 g/mol. The molecule has 148 valence electrons. The molecule has 3 aromatic rings. The fourth-order valence-corrected chi connectivity index (χ4v) is 3.25. The second-order valence-electron chi connectivity index (χ2n) is 6.22. The quantitative estimate of drug-likeness (QED) is 0.329. The number of carbonyl (C=O) groups is 1. The maximum Gasteiger partial charge on any atom is 0.349 e. The monoisotopic (exact) mass is 430 g/mol. The zero-order chi connectivity index (χ0) is 21.1. The lowest BCUT2D eigenvalue weighted by Crippen LogP contribution is -2.07. The number of halogens is 2.